The summed E-state index contributed by atoms with van der Waals surface area (Å²) in [5.41, 5.74) is 3.39. The smallest absolute Gasteiger partial charge is 0.302 e. The van der Waals surface area contributed by atoms with Gasteiger partial charge in [0.25, 0.3) is 0 Å². The summed E-state index contributed by atoms with van der Waals surface area (Å²) in [6.07, 6.45) is 10.1. The molecule has 0 aromatic heterocycles. The summed E-state index contributed by atoms with van der Waals surface area (Å²) in [6.45, 7) is 19.6. The molecule has 4 rings (SSSR count). The molecule has 204 valence electrons. The molecule has 2 saturated carbocycles. The Kier molecular flexibility index (Phi) is 6.95. The topological polar surface area (TPSA) is 66.8 Å². The first-order valence-electron chi connectivity index (χ1n) is 14.4. The highest BCUT2D eigenvalue weighted by molar-refractivity contribution is 5.66. The molecule has 0 heterocycles. The van der Waals surface area contributed by atoms with Gasteiger partial charge in [-0.15, -0.1) is 0 Å². The van der Waals surface area contributed by atoms with Crippen molar-refractivity contribution in [2.45, 2.75) is 138 Å². The van der Waals surface area contributed by atoms with E-state index in [0.29, 0.717) is 12.3 Å². The molecule has 0 aromatic rings. The van der Waals surface area contributed by atoms with Crippen molar-refractivity contribution in [1.82, 2.24) is 0 Å². The summed E-state index contributed by atoms with van der Waals surface area (Å²) in [6, 6.07) is 0. The maximum Gasteiger partial charge on any atom is 0.302 e. The molecular formula is C32H52O4. The molecule has 4 heteroatoms. The molecule has 4 nitrogen and oxygen atoms in total. The molecule has 0 bridgehead atoms. The minimum atomic E-state index is -0.902. The fourth-order valence-electron chi connectivity index (χ4n) is 10.0. The van der Waals surface area contributed by atoms with E-state index in [4.69, 9.17) is 4.74 Å². The van der Waals surface area contributed by atoms with Gasteiger partial charge in [-0.1, -0.05) is 57.4 Å². The highest BCUT2D eigenvalue weighted by Crippen LogP contribution is 2.72. The van der Waals surface area contributed by atoms with Crippen molar-refractivity contribution < 1.29 is 19.7 Å². The molecule has 0 spiro atoms. The second kappa shape index (κ2) is 8.97. The maximum absolute atomic E-state index is 11.8. The number of carbonyl (C=O) groups excluding carboxylic acids is 1. The van der Waals surface area contributed by atoms with Crippen molar-refractivity contribution in [2.24, 2.45) is 33.5 Å². The molecular weight excluding hydrogens is 448 g/mol. The van der Waals surface area contributed by atoms with E-state index in [0.717, 1.165) is 51.4 Å². The zero-order valence-electron chi connectivity index (χ0n) is 24.5. The number of aliphatic hydroxyl groups excluding tert-OH is 1. The molecule has 4 aliphatic carbocycles. The number of aliphatic hydroxyl groups is 2. The van der Waals surface area contributed by atoms with E-state index in [9.17, 15) is 15.0 Å². The van der Waals surface area contributed by atoms with E-state index in [2.05, 4.69) is 54.5 Å². The van der Waals surface area contributed by atoms with Crippen molar-refractivity contribution in [3.05, 3.63) is 22.8 Å². The molecule has 0 saturated heterocycles. The number of fused-ring (bicyclic) bond motifs is 4. The van der Waals surface area contributed by atoms with Crippen LogP contribution < -0.4 is 0 Å². The summed E-state index contributed by atoms with van der Waals surface area (Å²) in [4.78, 5) is 11.8. The third-order valence-electron chi connectivity index (χ3n) is 11.9. The standard InChI is InChI=1S/C32H52O4/c1-20(2)11-10-16-32(9,35)27-24(34)19-31(8)23-12-13-25-28(4,5)26(36-21(3)33)15-17-29(25,6)22(23)14-18-30(27,31)7/h11,24-27,34-35H,10,12-19H2,1-9H3/t24-,25?,26-,27?,29+,30+,31-,32-/m0/s1. The number of hydrogen-bond donors (Lipinski definition) is 2. The molecule has 36 heavy (non-hydrogen) atoms. The van der Waals surface area contributed by atoms with Gasteiger partial charge in [0.2, 0.25) is 0 Å². The Morgan fingerprint density at radius 2 is 1.72 bits per heavy atom. The van der Waals surface area contributed by atoms with E-state index in [1.807, 2.05) is 6.92 Å². The highest BCUT2D eigenvalue weighted by atomic mass is 16.5. The molecule has 2 N–H and O–H groups in total. The van der Waals surface area contributed by atoms with Crippen LogP contribution in [-0.2, 0) is 9.53 Å². The molecule has 0 radical (unpaired) electrons. The predicted octanol–water partition coefficient (Wildman–Crippen LogP) is 7.14. The lowest BCUT2D eigenvalue weighted by atomic mass is 9.43. The summed E-state index contributed by atoms with van der Waals surface area (Å²) < 4.78 is 5.83. The van der Waals surface area contributed by atoms with Gasteiger partial charge in [0.05, 0.1) is 11.7 Å². The van der Waals surface area contributed by atoms with Crippen LogP contribution in [0, 0.1) is 33.5 Å². The van der Waals surface area contributed by atoms with E-state index >= 15 is 0 Å². The fourth-order valence-corrected chi connectivity index (χ4v) is 10.0. The Morgan fingerprint density at radius 3 is 2.33 bits per heavy atom. The van der Waals surface area contributed by atoms with Gasteiger partial charge < -0.3 is 14.9 Å². The average molecular weight is 501 g/mol. The van der Waals surface area contributed by atoms with Gasteiger partial charge in [0.1, 0.15) is 6.10 Å². The van der Waals surface area contributed by atoms with Gasteiger partial charge in [-0.05, 0) is 101 Å². The number of allylic oxidation sites excluding steroid dienone is 4. The number of hydrogen-bond acceptors (Lipinski definition) is 4. The van der Waals surface area contributed by atoms with Crippen LogP contribution in [0.2, 0.25) is 0 Å². The summed E-state index contributed by atoms with van der Waals surface area (Å²) in [5.74, 6) is 0.177. The third kappa shape index (κ3) is 4.04. The molecule has 2 fully saturated rings. The normalized spacial score (nSPS) is 43.1. The van der Waals surface area contributed by atoms with Crippen LogP contribution >= 0.6 is 0 Å². The quantitative estimate of drug-likeness (QED) is 0.311. The SMILES string of the molecule is CC(=O)O[C@H]1CC[C@]2(C)C3=C(CCC2C1(C)C)[C@]1(C)C[C@H](O)C([C@@](C)(O)CCC=C(C)C)[C@@]1(C)CC3. The number of rotatable bonds is 5. The summed E-state index contributed by atoms with van der Waals surface area (Å²) in [5, 5.41) is 23.3. The lowest BCUT2D eigenvalue weighted by Gasteiger charge is -2.62. The Morgan fingerprint density at radius 1 is 1.06 bits per heavy atom. The maximum atomic E-state index is 11.8. The largest absolute Gasteiger partial charge is 0.462 e. The third-order valence-corrected chi connectivity index (χ3v) is 11.9. The summed E-state index contributed by atoms with van der Waals surface area (Å²) in [7, 11) is 0. The van der Waals surface area contributed by atoms with E-state index in [-0.39, 0.29) is 39.7 Å². The monoisotopic (exact) mass is 500 g/mol. The lowest BCUT2D eigenvalue weighted by molar-refractivity contribution is -0.167. The second-order valence-corrected chi connectivity index (χ2v) is 14.6. The highest BCUT2D eigenvalue weighted by Gasteiger charge is 2.67. The fraction of sp³-hybridized carbons (Fsp3) is 0.844. The molecule has 8 atom stereocenters. The van der Waals surface area contributed by atoms with Crippen LogP contribution in [0.25, 0.3) is 0 Å². The predicted molar refractivity (Wildman–Crippen MR) is 145 cm³/mol. The first-order chi connectivity index (χ1) is 16.5. The minimum Gasteiger partial charge on any atom is -0.462 e. The molecule has 4 aliphatic rings. The van der Waals surface area contributed by atoms with Crippen LogP contribution in [0.3, 0.4) is 0 Å². The van der Waals surface area contributed by atoms with Crippen LogP contribution in [0.4, 0.5) is 0 Å². The van der Waals surface area contributed by atoms with Gasteiger partial charge >= 0.3 is 5.97 Å². The van der Waals surface area contributed by atoms with Crippen LogP contribution in [-0.4, -0.2) is 34.0 Å². The van der Waals surface area contributed by atoms with Crippen LogP contribution in [0.15, 0.2) is 22.8 Å². The van der Waals surface area contributed by atoms with Gasteiger partial charge in [-0.25, -0.2) is 0 Å². The number of ether oxygens (including phenoxy) is 1. The zero-order valence-corrected chi connectivity index (χ0v) is 24.5. The summed E-state index contributed by atoms with van der Waals surface area (Å²) >= 11 is 0. The van der Waals surface area contributed by atoms with Crippen LogP contribution in [0.1, 0.15) is 120 Å². The van der Waals surface area contributed by atoms with E-state index < -0.39 is 11.7 Å². The first kappa shape index (κ1) is 27.9. The molecule has 0 aromatic carbocycles. The van der Waals surface area contributed by atoms with Crippen molar-refractivity contribution in [3.63, 3.8) is 0 Å². The van der Waals surface area contributed by atoms with Gasteiger partial charge in [0, 0.05) is 18.3 Å². The Balaban J connectivity index is 1.70. The van der Waals surface area contributed by atoms with E-state index in [1.165, 1.54) is 12.5 Å². The van der Waals surface area contributed by atoms with Crippen LogP contribution in [0.5, 0.6) is 0 Å². The van der Waals surface area contributed by atoms with Crippen molar-refractivity contribution in [3.8, 4) is 0 Å². The second-order valence-electron chi connectivity index (χ2n) is 14.6. The Bertz CT molecular complexity index is 953. The van der Waals surface area contributed by atoms with E-state index in [1.54, 1.807) is 11.1 Å². The molecule has 0 aliphatic heterocycles. The molecule has 2 unspecified atom stereocenters. The van der Waals surface area contributed by atoms with Gasteiger partial charge in [-0.2, -0.15) is 0 Å². The first-order valence-corrected chi connectivity index (χ1v) is 14.4. The van der Waals surface area contributed by atoms with Crippen molar-refractivity contribution in [1.29, 1.82) is 0 Å². The Hall–Kier alpha value is -1.13. The van der Waals surface area contributed by atoms with Crippen molar-refractivity contribution >= 4 is 5.97 Å². The average Bonchev–Trinajstić information content (AvgIpc) is 2.95. The lowest BCUT2D eigenvalue weighted by Crippen LogP contribution is -2.56. The number of carbonyl (C=O) groups is 1. The van der Waals surface area contributed by atoms with Gasteiger partial charge in [-0.3, -0.25) is 4.79 Å². The van der Waals surface area contributed by atoms with Gasteiger partial charge in [0.15, 0.2) is 0 Å². The minimum absolute atomic E-state index is 0.0201. The number of esters is 1. The Labute approximate surface area is 220 Å². The molecule has 0 amide bonds. The van der Waals surface area contributed by atoms with Crippen molar-refractivity contribution in [2.75, 3.05) is 0 Å². The zero-order chi connectivity index (χ0) is 26.9.